The predicted octanol–water partition coefficient (Wildman–Crippen LogP) is 6.85. The number of nitrogens with one attached hydrogen (secondary N) is 1. The van der Waals surface area contributed by atoms with Crippen LogP contribution in [0.2, 0.25) is 15.1 Å². The number of thioether (sulfide) groups is 1. The SMILES string of the molecule is CCCCNC(=O)[C@@H](C)N(Cc1ccc(Cl)cc1Cl)C(=O)CCCSc1ccc(Cl)cc1. The first kappa shape index (κ1) is 26.8. The number of halogens is 3. The van der Waals surface area contributed by atoms with Crippen LogP contribution >= 0.6 is 46.6 Å². The van der Waals surface area contributed by atoms with Crippen molar-refractivity contribution in [2.24, 2.45) is 0 Å². The fraction of sp³-hybridized carbons (Fsp3) is 0.417. The van der Waals surface area contributed by atoms with Gasteiger partial charge in [-0.05, 0) is 67.5 Å². The highest BCUT2D eigenvalue weighted by molar-refractivity contribution is 7.99. The third-order valence-corrected chi connectivity index (χ3v) is 6.91. The zero-order valence-corrected chi connectivity index (χ0v) is 21.5. The average molecular weight is 516 g/mol. The van der Waals surface area contributed by atoms with Crippen molar-refractivity contribution in [3.8, 4) is 0 Å². The van der Waals surface area contributed by atoms with Gasteiger partial charge in [0.2, 0.25) is 11.8 Å². The molecule has 0 spiro atoms. The predicted molar refractivity (Wildman–Crippen MR) is 136 cm³/mol. The summed E-state index contributed by atoms with van der Waals surface area (Å²) in [6, 6.07) is 12.2. The lowest BCUT2D eigenvalue weighted by atomic mass is 10.1. The van der Waals surface area contributed by atoms with E-state index < -0.39 is 6.04 Å². The van der Waals surface area contributed by atoms with Crippen molar-refractivity contribution in [2.45, 2.75) is 57.0 Å². The molecule has 0 aromatic heterocycles. The number of benzene rings is 2. The molecule has 32 heavy (non-hydrogen) atoms. The molecule has 1 N–H and O–H groups in total. The second-order valence-electron chi connectivity index (χ2n) is 7.48. The van der Waals surface area contributed by atoms with Gasteiger partial charge in [-0.1, -0.05) is 54.2 Å². The van der Waals surface area contributed by atoms with Gasteiger partial charge in [0.1, 0.15) is 6.04 Å². The Hall–Kier alpha value is -1.40. The number of amides is 2. The fourth-order valence-electron chi connectivity index (χ4n) is 3.04. The highest BCUT2D eigenvalue weighted by Crippen LogP contribution is 2.25. The van der Waals surface area contributed by atoms with Gasteiger partial charge >= 0.3 is 0 Å². The van der Waals surface area contributed by atoms with Gasteiger partial charge in [-0.2, -0.15) is 0 Å². The monoisotopic (exact) mass is 514 g/mol. The van der Waals surface area contributed by atoms with Crippen LogP contribution in [0.15, 0.2) is 47.4 Å². The van der Waals surface area contributed by atoms with Crippen LogP contribution in [-0.4, -0.2) is 35.1 Å². The van der Waals surface area contributed by atoms with E-state index in [-0.39, 0.29) is 18.4 Å². The first-order valence-electron chi connectivity index (χ1n) is 10.7. The molecule has 0 aliphatic heterocycles. The van der Waals surface area contributed by atoms with Crippen molar-refractivity contribution in [3.05, 3.63) is 63.1 Å². The second-order valence-corrected chi connectivity index (χ2v) is 9.93. The maximum absolute atomic E-state index is 13.1. The molecule has 0 aliphatic rings. The van der Waals surface area contributed by atoms with Crippen molar-refractivity contribution in [2.75, 3.05) is 12.3 Å². The van der Waals surface area contributed by atoms with Gasteiger partial charge in [0.25, 0.3) is 0 Å². The molecule has 0 unspecified atom stereocenters. The first-order valence-corrected chi connectivity index (χ1v) is 12.8. The number of rotatable bonds is 12. The Morgan fingerprint density at radius 2 is 1.72 bits per heavy atom. The van der Waals surface area contributed by atoms with E-state index >= 15 is 0 Å². The summed E-state index contributed by atoms with van der Waals surface area (Å²) in [6.07, 6.45) is 2.93. The minimum Gasteiger partial charge on any atom is -0.354 e. The molecule has 0 saturated carbocycles. The summed E-state index contributed by atoms with van der Waals surface area (Å²) >= 11 is 19.9. The minimum absolute atomic E-state index is 0.0779. The van der Waals surface area contributed by atoms with Crippen LogP contribution in [0.3, 0.4) is 0 Å². The van der Waals surface area contributed by atoms with Crippen LogP contribution in [0.4, 0.5) is 0 Å². The van der Waals surface area contributed by atoms with Crippen molar-refractivity contribution in [3.63, 3.8) is 0 Å². The highest BCUT2D eigenvalue weighted by Gasteiger charge is 2.26. The van der Waals surface area contributed by atoms with E-state index in [0.717, 1.165) is 29.1 Å². The number of hydrogen-bond acceptors (Lipinski definition) is 3. The molecule has 2 aromatic carbocycles. The van der Waals surface area contributed by atoms with Gasteiger partial charge in [-0.15, -0.1) is 11.8 Å². The number of hydrogen-bond donors (Lipinski definition) is 1. The molecular weight excluding hydrogens is 487 g/mol. The Balaban J connectivity index is 2.01. The van der Waals surface area contributed by atoms with Crippen LogP contribution in [0, 0.1) is 0 Å². The summed E-state index contributed by atoms with van der Waals surface area (Å²) < 4.78 is 0. The summed E-state index contributed by atoms with van der Waals surface area (Å²) in [5.41, 5.74) is 0.758. The van der Waals surface area contributed by atoms with Gasteiger partial charge in [0.15, 0.2) is 0 Å². The summed E-state index contributed by atoms with van der Waals surface area (Å²) in [5.74, 6) is 0.554. The second kappa shape index (κ2) is 14.0. The van der Waals surface area contributed by atoms with Crippen LogP contribution in [0.5, 0.6) is 0 Å². The molecule has 174 valence electrons. The average Bonchev–Trinajstić information content (AvgIpc) is 2.77. The zero-order valence-electron chi connectivity index (χ0n) is 18.4. The summed E-state index contributed by atoms with van der Waals surface area (Å²) in [5, 5.41) is 4.63. The van der Waals surface area contributed by atoms with Gasteiger partial charge in [0, 0.05) is 39.5 Å². The molecule has 1 atom stereocenters. The molecular formula is C24H29Cl3N2O2S. The van der Waals surface area contributed by atoms with Crippen LogP contribution in [-0.2, 0) is 16.1 Å². The van der Waals surface area contributed by atoms with Crippen molar-refractivity contribution in [1.29, 1.82) is 0 Å². The number of carbonyl (C=O) groups is 2. The van der Waals surface area contributed by atoms with Gasteiger partial charge < -0.3 is 10.2 Å². The molecule has 0 bridgehead atoms. The van der Waals surface area contributed by atoms with E-state index in [0.29, 0.717) is 34.5 Å². The third kappa shape index (κ3) is 8.86. The lowest BCUT2D eigenvalue weighted by Crippen LogP contribution is -2.47. The molecule has 8 heteroatoms. The van der Waals surface area contributed by atoms with Crippen LogP contribution in [0.25, 0.3) is 0 Å². The number of nitrogens with zero attached hydrogens (tertiary/aromatic N) is 1. The lowest BCUT2D eigenvalue weighted by molar-refractivity contribution is -0.140. The van der Waals surface area contributed by atoms with E-state index in [9.17, 15) is 9.59 Å². The van der Waals surface area contributed by atoms with Crippen LogP contribution < -0.4 is 5.32 Å². The molecule has 2 amide bonds. The number of carbonyl (C=O) groups excluding carboxylic acids is 2. The van der Waals surface area contributed by atoms with E-state index in [1.54, 1.807) is 41.8 Å². The molecule has 4 nitrogen and oxygen atoms in total. The molecule has 0 radical (unpaired) electrons. The maximum atomic E-state index is 13.1. The highest BCUT2D eigenvalue weighted by atomic mass is 35.5. The summed E-state index contributed by atoms with van der Waals surface area (Å²) in [7, 11) is 0. The van der Waals surface area contributed by atoms with Crippen molar-refractivity contribution < 1.29 is 9.59 Å². The van der Waals surface area contributed by atoms with Crippen LogP contribution in [0.1, 0.15) is 45.1 Å². The summed E-state index contributed by atoms with van der Waals surface area (Å²) in [6.45, 7) is 4.67. The van der Waals surface area contributed by atoms with Gasteiger partial charge in [0.05, 0.1) is 0 Å². The normalized spacial score (nSPS) is 11.8. The molecule has 0 heterocycles. The van der Waals surface area contributed by atoms with E-state index in [2.05, 4.69) is 12.2 Å². The number of unbranched alkanes of at least 4 members (excludes halogenated alkanes) is 1. The maximum Gasteiger partial charge on any atom is 0.242 e. The van der Waals surface area contributed by atoms with Gasteiger partial charge in [-0.25, -0.2) is 0 Å². The fourth-order valence-corrected chi connectivity index (χ4v) is 4.49. The quantitative estimate of drug-likeness (QED) is 0.248. The largest absolute Gasteiger partial charge is 0.354 e. The summed E-state index contributed by atoms with van der Waals surface area (Å²) in [4.78, 5) is 28.5. The Labute approximate surface area is 210 Å². The molecule has 2 aromatic rings. The topological polar surface area (TPSA) is 49.4 Å². The Bertz CT molecular complexity index is 893. The smallest absolute Gasteiger partial charge is 0.242 e. The van der Waals surface area contributed by atoms with E-state index in [1.807, 2.05) is 24.3 Å². The first-order chi connectivity index (χ1) is 15.3. The van der Waals surface area contributed by atoms with E-state index in [4.69, 9.17) is 34.8 Å². The molecule has 2 rings (SSSR count). The minimum atomic E-state index is -0.602. The van der Waals surface area contributed by atoms with Crippen molar-refractivity contribution in [1.82, 2.24) is 10.2 Å². The lowest BCUT2D eigenvalue weighted by Gasteiger charge is -2.29. The van der Waals surface area contributed by atoms with Gasteiger partial charge in [-0.3, -0.25) is 9.59 Å². The third-order valence-electron chi connectivity index (χ3n) is 4.97. The molecule has 0 saturated heterocycles. The Morgan fingerprint density at radius 3 is 2.38 bits per heavy atom. The Kier molecular flexibility index (Phi) is 11.7. The van der Waals surface area contributed by atoms with Crippen molar-refractivity contribution >= 4 is 58.4 Å². The Morgan fingerprint density at radius 1 is 1.03 bits per heavy atom. The molecule has 0 aliphatic carbocycles. The zero-order chi connectivity index (χ0) is 23.5. The standard InChI is InChI=1S/C24H29Cl3N2O2S/c1-3-4-13-28-24(31)17(2)29(16-18-7-8-20(26)15-22(18)27)23(30)6-5-14-32-21-11-9-19(25)10-12-21/h7-12,15,17H,3-6,13-14,16H2,1-2H3,(H,28,31)/t17-/m1/s1. The molecule has 0 fully saturated rings. The van der Waals surface area contributed by atoms with E-state index in [1.165, 1.54) is 0 Å².